The Labute approximate surface area is 217 Å². The first-order valence-corrected chi connectivity index (χ1v) is 13.1. The third kappa shape index (κ3) is 5.40. The van der Waals surface area contributed by atoms with Crippen molar-refractivity contribution in [1.82, 2.24) is 5.32 Å². The van der Waals surface area contributed by atoms with Gasteiger partial charge in [0, 0.05) is 22.0 Å². The zero-order chi connectivity index (χ0) is 24.6. The van der Waals surface area contributed by atoms with Gasteiger partial charge in [-0.15, -0.1) is 0 Å². The normalized spacial score (nSPS) is 25.3. The van der Waals surface area contributed by atoms with E-state index in [4.69, 9.17) is 39.9 Å². The lowest BCUT2D eigenvalue weighted by molar-refractivity contribution is -0.116. The van der Waals surface area contributed by atoms with E-state index in [1.54, 1.807) is 12.1 Å². The predicted molar refractivity (Wildman–Crippen MR) is 143 cm³/mol. The largest absolute Gasteiger partial charge is 0.348 e. The van der Waals surface area contributed by atoms with Crippen LogP contribution in [0.5, 0.6) is 0 Å². The average molecular weight is 521 g/mol. The van der Waals surface area contributed by atoms with Crippen LogP contribution in [-0.4, -0.2) is 17.7 Å². The second-order valence-corrected chi connectivity index (χ2v) is 11.9. The van der Waals surface area contributed by atoms with Crippen LogP contribution in [0.25, 0.3) is 0 Å². The number of rotatable bonds is 4. The Morgan fingerprint density at radius 3 is 2.18 bits per heavy atom. The molecule has 0 aromatic heterocycles. The number of anilines is 1. The highest BCUT2D eigenvalue weighted by Gasteiger charge is 2.41. The molecule has 2 atom stereocenters. The van der Waals surface area contributed by atoms with Gasteiger partial charge in [-0.1, -0.05) is 74.6 Å². The van der Waals surface area contributed by atoms with Gasteiger partial charge in [-0.05, 0) is 72.9 Å². The van der Waals surface area contributed by atoms with Crippen LogP contribution in [0.3, 0.4) is 0 Å². The summed E-state index contributed by atoms with van der Waals surface area (Å²) in [5.74, 6) is 0.456. The highest BCUT2D eigenvalue weighted by molar-refractivity contribution is 6.41. The molecule has 7 heteroatoms. The standard InChI is InChI=1S/C27H32Cl3N3O/c1-16-24(26(34)31-21-12-7-18(8-13-21)27(2,3)4)32-33(23-14-11-20(29)15-22(23)30)25(16)17-5-9-19(28)10-6-17/h5-6,9-11,14-16,18,21,25H,7-8,12-13H2,1-4H3,(H,31,34). The van der Waals surface area contributed by atoms with E-state index in [-0.39, 0.29) is 23.9 Å². The van der Waals surface area contributed by atoms with E-state index in [1.165, 1.54) is 0 Å². The molecule has 0 spiro atoms. The minimum Gasteiger partial charge on any atom is -0.348 e. The Hall–Kier alpha value is -1.75. The molecule has 2 aliphatic rings. The third-order valence-electron chi connectivity index (χ3n) is 7.27. The van der Waals surface area contributed by atoms with E-state index < -0.39 is 0 Å². The van der Waals surface area contributed by atoms with Crippen molar-refractivity contribution in [2.45, 2.75) is 65.5 Å². The van der Waals surface area contributed by atoms with E-state index in [0.29, 0.717) is 37.8 Å². The number of hydrogen-bond acceptors (Lipinski definition) is 3. The molecule has 1 aliphatic heterocycles. The van der Waals surface area contributed by atoms with Crippen LogP contribution >= 0.6 is 34.8 Å². The highest BCUT2D eigenvalue weighted by Crippen LogP contribution is 2.43. The number of halogens is 3. The summed E-state index contributed by atoms with van der Waals surface area (Å²) in [5, 5.41) is 11.6. The molecule has 2 aromatic rings. The summed E-state index contributed by atoms with van der Waals surface area (Å²) >= 11 is 18.8. The van der Waals surface area contributed by atoms with Crippen LogP contribution < -0.4 is 10.3 Å². The topological polar surface area (TPSA) is 44.7 Å². The molecule has 0 saturated heterocycles. The Morgan fingerprint density at radius 2 is 1.59 bits per heavy atom. The molecule has 4 rings (SSSR count). The van der Waals surface area contributed by atoms with Gasteiger partial charge in [0.1, 0.15) is 5.71 Å². The lowest BCUT2D eigenvalue weighted by atomic mass is 9.71. The Kier molecular flexibility index (Phi) is 7.52. The smallest absolute Gasteiger partial charge is 0.268 e. The first kappa shape index (κ1) is 25.3. The zero-order valence-corrected chi connectivity index (χ0v) is 22.4. The van der Waals surface area contributed by atoms with Gasteiger partial charge in [-0.2, -0.15) is 5.10 Å². The van der Waals surface area contributed by atoms with Crippen LogP contribution in [0.2, 0.25) is 15.1 Å². The van der Waals surface area contributed by atoms with Crippen molar-refractivity contribution >= 4 is 52.1 Å². The summed E-state index contributed by atoms with van der Waals surface area (Å²) in [6.45, 7) is 8.95. The number of hydrogen-bond donors (Lipinski definition) is 1. The van der Waals surface area contributed by atoms with Crippen molar-refractivity contribution in [3.8, 4) is 0 Å². The van der Waals surface area contributed by atoms with Gasteiger partial charge in [0.05, 0.1) is 16.8 Å². The quantitative estimate of drug-likeness (QED) is 0.445. The summed E-state index contributed by atoms with van der Waals surface area (Å²) in [5.41, 5.74) is 2.55. The van der Waals surface area contributed by atoms with Crippen LogP contribution in [0, 0.1) is 17.3 Å². The molecule has 2 unspecified atom stereocenters. The maximum atomic E-state index is 13.4. The van der Waals surface area contributed by atoms with Gasteiger partial charge in [-0.25, -0.2) is 0 Å². The van der Waals surface area contributed by atoms with Crippen LogP contribution in [-0.2, 0) is 4.79 Å². The van der Waals surface area contributed by atoms with Gasteiger partial charge in [-0.3, -0.25) is 9.80 Å². The van der Waals surface area contributed by atoms with Crippen molar-refractivity contribution in [2.24, 2.45) is 22.4 Å². The van der Waals surface area contributed by atoms with Crippen molar-refractivity contribution in [2.75, 3.05) is 5.01 Å². The number of hydrazone groups is 1. The zero-order valence-electron chi connectivity index (χ0n) is 20.1. The molecule has 1 amide bonds. The molecule has 4 nitrogen and oxygen atoms in total. The fourth-order valence-corrected chi connectivity index (χ4v) is 5.83. The van der Waals surface area contributed by atoms with Gasteiger partial charge < -0.3 is 5.32 Å². The molecule has 2 aromatic carbocycles. The first-order valence-electron chi connectivity index (χ1n) is 11.9. The van der Waals surface area contributed by atoms with Gasteiger partial charge in [0.15, 0.2) is 0 Å². The molecule has 1 aliphatic carbocycles. The molecule has 0 bridgehead atoms. The fourth-order valence-electron chi connectivity index (χ4n) is 5.21. The van der Waals surface area contributed by atoms with Crippen molar-refractivity contribution < 1.29 is 4.79 Å². The average Bonchev–Trinajstić information content (AvgIpc) is 3.11. The van der Waals surface area contributed by atoms with E-state index in [1.807, 2.05) is 42.3 Å². The van der Waals surface area contributed by atoms with Crippen molar-refractivity contribution in [3.63, 3.8) is 0 Å². The molecule has 182 valence electrons. The van der Waals surface area contributed by atoms with Gasteiger partial charge >= 0.3 is 0 Å². The van der Waals surface area contributed by atoms with Gasteiger partial charge in [0.25, 0.3) is 5.91 Å². The van der Waals surface area contributed by atoms with E-state index in [2.05, 4.69) is 26.1 Å². The lowest BCUT2D eigenvalue weighted by Gasteiger charge is -2.37. The summed E-state index contributed by atoms with van der Waals surface area (Å²) in [7, 11) is 0. The van der Waals surface area contributed by atoms with Gasteiger partial charge in [0.2, 0.25) is 0 Å². The van der Waals surface area contributed by atoms with Crippen LogP contribution in [0.1, 0.15) is 65.0 Å². The summed E-state index contributed by atoms with van der Waals surface area (Å²) in [6, 6.07) is 13.0. The molecule has 1 fully saturated rings. The van der Waals surface area contributed by atoms with Crippen molar-refractivity contribution in [1.29, 1.82) is 0 Å². The number of amides is 1. The fraction of sp³-hybridized carbons (Fsp3) is 0.481. The number of carbonyl (C=O) groups excluding carboxylic acids is 1. The minimum atomic E-state index is -0.187. The maximum Gasteiger partial charge on any atom is 0.268 e. The second kappa shape index (κ2) is 10.1. The Morgan fingerprint density at radius 1 is 0.971 bits per heavy atom. The highest BCUT2D eigenvalue weighted by atomic mass is 35.5. The number of nitrogens with one attached hydrogen (secondary N) is 1. The summed E-state index contributed by atoms with van der Waals surface area (Å²) < 4.78 is 0. The summed E-state index contributed by atoms with van der Waals surface area (Å²) in [6.07, 6.45) is 4.28. The van der Waals surface area contributed by atoms with Crippen molar-refractivity contribution in [3.05, 3.63) is 63.1 Å². The summed E-state index contributed by atoms with van der Waals surface area (Å²) in [4.78, 5) is 13.4. The number of nitrogens with zero attached hydrogens (tertiary/aromatic N) is 2. The van der Waals surface area contributed by atoms with E-state index >= 15 is 0 Å². The monoisotopic (exact) mass is 519 g/mol. The minimum absolute atomic E-state index is 0.0988. The third-order valence-corrected chi connectivity index (χ3v) is 8.06. The first-order chi connectivity index (χ1) is 16.0. The molecular formula is C27H32Cl3N3O. The van der Waals surface area contributed by atoms with Crippen LogP contribution in [0.15, 0.2) is 47.6 Å². The van der Waals surface area contributed by atoms with E-state index in [0.717, 1.165) is 31.2 Å². The Bertz CT molecular complexity index is 1070. The molecule has 1 heterocycles. The SMILES string of the molecule is CC1C(C(=O)NC2CCC(C(C)(C)C)CC2)=NN(c2ccc(Cl)cc2Cl)C1c1ccc(Cl)cc1. The second-order valence-electron chi connectivity index (χ2n) is 10.6. The number of benzene rings is 2. The molecular weight excluding hydrogens is 489 g/mol. The lowest BCUT2D eigenvalue weighted by Crippen LogP contribution is -2.43. The van der Waals surface area contributed by atoms with E-state index in [9.17, 15) is 4.79 Å². The van der Waals surface area contributed by atoms with Crippen LogP contribution in [0.4, 0.5) is 5.69 Å². The number of carbonyl (C=O) groups is 1. The maximum absolute atomic E-state index is 13.4. The Balaban J connectivity index is 1.58. The molecule has 34 heavy (non-hydrogen) atoms. The molecule has 1 N–H and O–H groups in total. The molecule has 0 radical (unpaired) electrons. The predicted octanol–water partition coefficient (Wildman–Crippen LogP) is 7.92. The molecule has 1 saturated carbocycles.